The Morgan fingerprint density at radius 1 is 1.47 bits per heavy atom. The van der Waals surface area contributed by atoms with Crippen LogP contribution >= 0.6 is 27.3 Å². The average Bonchev–Trinajstić information content (AvgIpc) is 2.71. The molecule has 1 rings (SSSR count). The Labute approximate surface area is 126 Å². The standard InChI is InChI=1S/C13H21BrN2O2S/c1-12(2,3)18-11(17)16-8-13(4,7-15)10-5-9(14)6-19-10/h5-6H,7-8,15H2,1-4H3,(H,16,17). The molecule has 1 unspecified atom stereocenters. The lowest BCUT2D eigenvalue weighted by Gasteiger charge is -2.28. The van der Waals surface area contributed by atoms with Gasteiger partial charge in [0.05, 0.1) is 0 Å². The third kappa shape index (κ3) is 5.12. The van der Waals surface area contributed by atoms with E-state index in [2.05, 4.69) is 21.2 Å². The molecule has 1 atom stereocenters. The molecule has 1 aromatic heterocycles. The molecule has 0 aliphatic carbocycles. The quantitative estimate of drug-likeness (QED) is 0.877. The number of carbonyl (C=O) groups is 1. The summed E-state index contributed by atoms with van der Waals surface area (Å²) in [6.07, 6.45) is -0.414. The van der Waals surface area contributed by atoms with Gasteiger partial charge in [0.1, 0.15) is 5.60 Å². The molecule has 3 N–H and O–H groups in total. The van der Waals surface area contributed by atoms with E-state index in [-0.39, 0.29) is 5.41 Å². The summed E-state index contributed by atoms with van der Waals surface area (Å²) < 4.78 is 6.25. The van der Waals surface area contributed by atoms with Crippen LogP contribution in [0.25, 0.3) is 0 Å². The number of nitrogens with two attached hydrogens (primary N) is 1. The predicted octanol–water partition coefficient (Wildman–Crippen LogP) is 3.25. The number of rotatable bonds is 4. The number of ether oxygens (including phenoxy) is 1. The molecule has 0 bridgehead atoms. The Hall–Kier alpha value is -0.590. The van der Waals surface area contributed by atoms with E-state index in [1.54, 1.807) is 11.3 Å². The zero-order chi connectivity index (χ0) is 14.7. The van der Waals surface area contributed by atoms with Crippen LogP contribution < -0.4 is 11.1 Å². The maximum absolute atomic E-state index is 11.7. The molecule has 1 amide bonds. The van der Waals surface area contributed by atoms with Crippen LogP contribution in [0.1, 0.15) is 32.6 Å². The summed E-state index contributed by atoms with van der Waals surface area (Å²) in [5, 5.41) is 4.80. The molecule has 0 aliphatic rings. The zero-order valence-electron chi connectivity index (χ0n) is 11.7. The van der Waals surface area contributed by atoms with Crippen molar-refractivity contribution < 1.29 is 9.53 Å². The van der Waals surface area contributed by atoms with Crippen LogP contribution in [-0.4, -0.2) is 24.8 Å². The van der Waals surface area contributed by atoms with Crippen molar-refractivity contribution in [3.05, 3.63) is 20.8 Å². The topological polar surface area (TPSA) is 64.3 Å². The molecule has 1 aromatic rings. The van der Waals surface area contributed by atoms with Gasteiger partial charge in [-0.15, -0.1) is 11.3 Å². The van der Waals surface area contributed by atoms with Crippen molar-refractivity contribution in [3.8, 4) is 0 Å². The van der Waals surface area contributed by atoms with Crippen molar-refractivity contribution in [1.82, 2.24) is 5.32 Å². The summed E-state index contributed by atoms with van der Waals surface area (Å²) in [6.45, 7) is 8.45. The van der Waals surface area contributed by atoms with E-state index in [1.807, 2.05) is 39.1 Å². The number of halogens is 1. The van der Waals surface area contributed by atoms with Crippen LogP contribution in [0.15, 0.2) is 15.9 Å². The zero-order valence-corrected chi connectivity index (χ0v) is 14.2. The van der Waals surface area contributed by atoms with E-state index in [0.717, 1.165) is 9.35 Å². The molecule has 0 fully saturated rings. The minimum Gasteiger partial charge on any atom is -0.444 e. The minimum absolute atomic E-state index is 0.284. The Balaban J connectivity index is 2.65. The van der Waals surface area contributed by atoms with E-state index in [1.165, 1.54) is 0 Å². The smallest absolute Gasteiger partial charge is 0.407 e. The maximum Gasteiger partial charge on any atom is 0.407 e. The van der Waals surface area contributed by atoms with Gasteiger partial charge in [-0.2, -0.15) is 0 Å². The van der Waals surface area contributed by atoms with Crippen LogP contribution in [0.3, 0.4) is 0 Å². The molecule has 0 aromatic carbocycles. The monoisotopic (exact) mass is 348 g/mol. The summed E-state index contributed by atoms with van der Waals surface area (Å²) in [4.78, 5) is 12.8. The Morgan fingerprint density at radius 2 is 2.11 bits per heavy atom. The van der Waals surface area contributed by atoms with Crippen LogP contribution in [0.5, 0.6) is 0 Å². The Morgan fingerprint density at radius 3 is 2.53 bits per heavy atom. The summed E-state index contributed by atoms with van der Waals surface area (Å²) in [7, 11) is 0. The Bertz CT molecular complexity index is 442. The summed E-state index contributed by atoms with van der Waals surface area (Å²) >= 11 is 5.06. The fraction of sp³-hybridized carbons (Fsp3) is 0.615. The Kier molecular flexibility index (Phi) is 5.41. The molecule has 0 saturated heterocycles. The third-order valence-corrected chi connectivity index (χ3v) is 4.63. The third-order valence-electron chi connectivity index (χ3n) is 2.63. The normalized spacial score (nSPS) is 14.8. The molecule has 4 nitrogen and oxygen atoms in total. The van der Waals surface area contributed by atoms with Gasteiger partial charge in [0, 0.05) is 33.2 Å². The van der Waals surface area contributed by atoms with Gasteiger partial charge in [0.2, 0.25) is 0 Å². The molecule has 19 heavy (non-hydrogen) atoms. The highest BCUT2D eigenvalue weighted by Gasteiger charge is 2.28. The van der Waals surface area contributed by atoms with Crippen molar-refractivity contribution in [2.45, 2.75) is 38.7 Å². The number of thiophene rings is 1. The summed E-state index contributed by atoms with van der Waals surface area (Å²) in [6, 6.07) is 2.04. The highest BCUT2D eigenvalue weighted by atomic mass is 79.9. The minimum atomic E-state index is -0.491. The van der Waals surface area contributed by atoms with Crippen molar-refractivity contribution in [3.63, 3.8) is 0 Å². The number of amides is 1. The first kappa shape index (κ1) is 16.5. The van der Waals surface area contributed by atoms with Crippen LogP contribution in [0.4, 0.5) is 4.79 Å². The van der Waals surface area contributed by atoms with Gasteiger partial charge in [0.15, 0.2) is 0 Å². The lowest BCUT2D eigenvalue weighted by molar-refractivity contribution is 0.0517. The number of hydrogen-bond donors (Lipinski definition) is 2. The second-order valence-electron chi connectivity index (χ2n) is 5.75. The SMILES string of the molecule is CC(C)(C)OC(=O)NCC(C)(CN)c1cc(Br)cs1. The molecule has 0 spiro atoms. The largest absolute Gasteiger partial charge is 0.444 e. The average molecular weight is 349 g/mol. The van der Waals surface area contributed by atoms with E-state index in [0.29, 0.717) is 13.1 Å². The second-order valence-corrected chi connectivity index (χ2v) is 7.58. The first-order chi connectivity index (χ1) is 8.66. The molecular formula is C13H21BrN2O2S. The number of carbonyl (C=O) groups excluding carboxylic acids is 1. The molecule has 0 saturated carbocycles. The van der Waals surface area contributed by atoms with Gasteiger partial charge < -0.3 is 15.8 Å². The molecule has 6 heteroatoms. The van der Waals surface area contributed by atoms with E-state index < -0.39 is 11.7 Å². The summed E-state index contributed by atoms with van der Waals surface area (Å²) in [5.41, 5.74) is 5.09. The van der Waals surface area contributed by atoms with Crippen molar-refractivity contribution in [2.24, 2.45) is 5.73 Å². The fourth-order valence-corrected chi connectivity index (χ4v) is 3.07. The highest BCUT2D eigenvalue weighted by molar-refractivity contribution is 9.10. The highest BCUT2D eigenvalue weighted by Crippen LogP contribution is 2.30. The molecule has 108 valence electrons. The lowest BCUT2D eigenvalue weighted by Crippen LogP contribution is -2.44. The maximum atomic E-state index is 11.7. The molecular weight excluding hydrogens is 328 g/mol. The van der Waals surface area contributed by atoms with Gasteiger partial charge in [-0.3, -0.25) is 0 Å². The fourth-order valence-electron chi connectivity index (χ4n) is 1.47. The van der Waals surface area contributed by atoms with Crippen molar-refractivity contribution >= 4 is 33.4 Å². The van der Waals surface area contributed by atoms with E-state index >= 15 is 0 Å². The second kappa shape index (κ2) is 6.24. The van der Waals surface area contributed by atoms with Gasteiger partial charge in [-0.25, -0.2) is 4.79 Å². The summed E-state index contributed by atoms with van der Waals surface area (Å²) in [5.74, 6) is 0. The first-order valence-corrected chi connectivity index (χ1v) is 7.75. The molecule has 0 radical (unpaired) electrons. The van der Waals surface area contributed by atoms with Crippen LogP contribution in [0.2, 0.25) is 0 Å². The van der Waals surface area contributed by atoms with Crippen molar-refractivity contribution in [2.75, 3.05) is 13.1 Å². The van der Waals surface area contributed by atoms with Crippen LogP contribution in [-0.2, 0) is 10.2 Å². The molecule has 0 aliphatic heterocycles. The lowest BCUT2D eigenvalue weighted by atomic mass is 9.89. The van der Waals surface area contributed by atoms with Gasteiger partial charge >= 0.3 is 6.09 Å². The number of alkyl carbamates (subject to hydrolysis) is 1. The first-order valence-electron chi connectivity index (χ1n) is 6.08. The van der Waals surface area contributed by atoms with Crippen molar-refractivity contribution in [1.29, 1.82) is 0 Å². The van der Waals surface area contributed by atoms with Gasteiger partial charge in [0.25, 0.3) is 0 Å². The number of nitrogens with one attached hydrogen (secondary N) is 1. The van der Waals surface area contributed by atoms with Crippen LogP contribution in [0, 0.1) is 0 Å². The van der Waals surface area contributed by atoms with E-state index in [4.69, 9.17) is 10.5 Å². The van der Waals surface area contributed by atoms with Gasteiger partial charge in [-0.05, 0) is 42.8 Å². The molecule has 1 heterocycles. The predicted molar refractivity (Wildman–Crippen MR) is 82.7 cm³/mol. The van der Waals surface area contributed by atoms with E-state index in [9.17, 15) is 4.79 Å². The van der Waals surface area contributed by atoms with Gasteiger partial charge in [-0.1, -0.05) is 6.92 Å². The number of hydrogen-bond acceptors (Lipinski definition) is 4.